The number of hydrogen-bond acceptors (Lipinski definition) is 2. The van der Waals surface area contributed by atoms with Crippen LogP contribution in [0.15, 0.2) is 48.5 Å². The first-order valence-electron chi connectivity index (χ1n) is 6.69. The average Bonchev–Trinajstić information content (AvgIpc) is 2.91. The van der Waals surface area contributed by atoms with Crippen molar-refractivity contribution in [1.29, 1.82) is 0 Å². The minimum atomic E-state index is -0.944. The SMILES string of the molecule is CN(C)c1ccc(-c2cccc3[nH]c(C(=O)O)cc23)cc1. The Balaban J connectivity index is 2.13. The molecule has 0 spiro atoms. The summed E-state index contributed by atoms with van der Waals surface area (Å²) in [5.41, 5.74) is 4.28. The molecule has 0 aliphatic carbocycles. The van der Waals surface area contributed by atoms with E-state index in [1.807, 2.05) is 37.2 Å². The highest BCUT2D eigenvalue weighted by Gasteiger charge is 2.11. The lowest BCUT2D eigenvalue weighted by Crippen LogP contribution is -2.07. The molecule has 1 aromatic heterocycles. The molecule has 2 N–H and O–H groups in total. The van der Waals surface area contributed by atoms with Crippen LogP contribution in [0.1, 0.15) is 10.5 Å². The van der Waals surface area contributed by atoms with Gasteiger partial charge in [0.05, 0.1) is 0 Å². The van der Waals surface area contributed by atoms with Gasteiger partial charge in [-0.15, -0.1) is 0 Å². The molecule has 3 rings (SSSR count). The zero-order chi connectivity index (χ0) is 15.0. The molecule has 1 heterocycles. The Bertz CT molecular complexity index is 801. The Morgan fingerprint density at radius 3 is 2.43 bits per heavy atom. The van der Waals surface area contributed by atoms with E-state index in [4.69, 9.17) is 5.11 Å². The number of hydrogen-bond donors (Lipinski definition) is 2. The second-order valence-electron chi connectivity index (χ2n) is 5.20. The van der Waals surface area contributed by atoms with Crippen LogP contribution in [-0.4, -0.2) is 30.2 Å². The van der Waals surface area contributed by atoms with Crippen LogP contribution in [0.2, 0.25) is 0 Å². The number of H-pyrrole nitrogens is 1. The molecule has 2 aromatic carbocycles. The van der Waals surface area contributed by atoms with Gasteiger partial charge in [0, 0.05) is 30.7 Å². The van der Waals surface area contributed by atoms with Crippen LogP contribution in [0.3, 0.4) is 0 Å². The van der Waals surface area contributed by atoms with E-state index >= 15 is 0 Å². The first kappa shape index (κ1) is 13.2. The highest BCUT2D eigenvalue weighted by molar-refractivity contribution is 6.00. The minimum Gasteiger partial charge on any atom is -0.477 e. The lowest BCUT2D eigenvalue weighted by atomic mass is 10.0. The fourth-order valence-corrected chi connectivity index (χ4v) is 2.46. The van der Waals surface area contributed by atoms with Crippen LogP contribution in [0.5, 0.6) is 0 Å². The van der Waals surface area contributed by atoms with E-state index in [0.29, 0.717) is 0 Å². The van der Waals surface area contributed by atoms with Crippen molar-refractivity contribution in [3.63, 3.8) is 0 Å². The van der Waals surface area contributed by atoms with Gasteiger partial charge in [-0.05, 0) is 35.4 Å². The van der Waals surface area contributed by atoms with Crippen molar-refractivity contribution < 1.29 is 9.90 Å². The topological polar surface area (TPSA) is 56.3 Å². The van der Waals surface area contributed by atoms with Gasteiger partial charge in [-0.25, -0.2) is 4.79 Å². The van der Waals surface area contributed by atoms with E-state index in [1.54, 1.807) is 6.07 Å². The van der Waals surface area contributed by atoms with Gasteiger partial charge in [0.25, 0.3) is 0 Å². The number of fused-ring (bicyclic) bond motifs is 1. The average molecular weight is 280 g/mol. The zero-order valence-corrected chi connectivity index (χ0v) is 11.9. The summed E-state index contributed by atoms with van der Waals surface area (Å²) in [5, 5.41) is 10.0. The highest BCUT2D eigenvalue weighted by Crippen LogP contribution is 2.30. The molecule has 106 valence electrons. The Kier molecular flexibility index (Phi) is 3.14. The lowest BCUT2D eigenvalue weighted by molar-refractivity contribution is 0.0691. The number of anilines is 1. The van der Waals surface area contributed by atoms with Gasteiger partial charge in [0.1, 0.15) is 5.69 Å². The molecule has 0 saturated heterocycles. The third kappa shape index (κ3) is 2.36. The van der Waals surface area contributed by atoms with Crippen molar-refractivity contribution in [2.24, 2.45) is 0 Å². The van der Waals surface area contributed by atoms with Crippen LogP contribution < -0.4 is 4.90 Å². The number of carbonyl (C=O) groups is 1. The van der Waals surface area contributed by atoms with Crippen molar-refractivity contribution in [2.75, 3.05) is 19.0 Å². The molecule has 21 heavy (non-hydrogen) atoms. The molecule has 0 amide bonds. The zero-order valence-electron chi connectivity index (χ0n) is 11.9. The maximum Gasteiger partial charge on any atom is 0.352 e. The molecule has 0 fully saturated rings. The monoisotopic (exact) mass is 280 g/mol. The number of nitrogens with zero attached hydrogens (tertiary/aromatic N) is 1. The van der Waals surface area contributed by atoms with Gasteiger partial charge in [-0.3, -0.25) is 0 Å². The molecule has 0 atom stereocenters. The third-order valence-corrected chi connectivity index (χ3v) is 3.59. The Morgan fingerprint density at radius 2 is 1.81 bits per heavy atom. The summed E-state index contributed by atoms with van der Waals surface area (Å²) < 4.78 is 0. The second kappa shape index (κ2) is 4.98. The molecule has 0 aliphatic rings. The molecule has 4 heteroatoms. The van der Waals surface area contributed by atoms with Gasteiger partial charge < -0.3 is 15.0 Å². The molecule has 0 unspecified atom stereocenters. The van der Waals surface area contributed by atoms with E-state index in [2.05, 4.69) is 29.2 Å². The molecule has 0 saturated carbocycles. The number of nitrogens with one attached hydrogen (secondary N) is 1. The number of aromatic amines is 1. The number of benzene rings is 2. The summed E-state index contributed by atoms with van der Waals surface area (Å²) in [6.45, 7) is 0. The Hall–Kier alpha value is -2.75. The quantitative estimate of drug-likeness (QED) is 0.770. The fraction of sp³-hybridized carbons (Fsp3) is 0.118. The first-order chi connectivity index (χ1) is 10.1. The first-order valence-corrected chi connectivity index (χ1v) is 6.69. The van der Waals surface area contributed by atoms with Crippen LogP contribution in [0, 0.1) is 0 Å². The summed E-state index contributed by atoms with van der Waals surface area (Å²) >= 11 is 0. The predicted molar refractivity (Wildman–Crippen MR) is 85.0 cm³/mol. The summed E-state index contributed by atoms with van der Waals surface area (Å²) in [5.74, 6) is -0.944. The normalized spacial score (nSPS) is 10.8. The fourth-order valence-electron chi connectivity index (χ4n) is 2.46. The lowest BCUT2D eigenvalue weighted by Gasteiger charge is -2.13. The number of carboxylic acid groups (broad SMARTS) is 1. The van der Waals surface area contributed by atoms with E-state index in [-0.39, 0.29) is 5.69 Å². The van der Waals surface area contributed by atoms with Crippen LogP contribution in [0.4, 0.5) is 5.69 Å². The van der Waals surface area contributed by atoms with E-state index in [1.165, 1.54) is 0 Å². The number of aromatic carboxylic acids is 1. The number of aromatic nitrogens is 1. The van der Waals surface area contributed by atoms with Crippen molar-refractivity contribution in [3.05, 3.63) is 54.2 Å². The maximum absolute atomic E-state index is 11.1. The Morgan fingerprint density at radius 1 is 1.10 bits per heavy atom. The molecule has 0 aliphatic heterocycles. The van der Waals surface area contributed by atoms with Gasteiger partial charge in [-0.1, -0.05) is 24.3 Å². The van der Waals surface area contributed by atoms with E-state index in [0.717, 1.165) is 27.7 Å². The summed E-state index contributed by atoms with van der Waals surface area (Å²) in [4.78, 5) is 16.1. The van der Waals surface area contributed by atoms with Crippen molar-refractivity contribution in [1.82, 2.24) is 4.98 Å². The third-order valence-electron chi connectivity index (χ3n) is 3.59. The van der Waals surface area contributed by atoms with Crippen LogP contribution in [0.25, 0.3) is 22.0 Å². The van der Waals surface area contributed by atoms with Gasteiger partial charge in [0.15, 0.2) is 0 Å². The van der Waals surface area contributed by atoms with Gasteiger partial charge in [-0.2, -0.15) is 0 Å². The second-order valence-corrected chi connectivity index (χ2v) is 5.20. The molecule has 3 aromatic rings. The van der Waals surface area contributed by atoms with Crippen LogP contribution in [-0.2, 0) is 0 Å². The molecular formula is C17H16N2O2. The standard InChI is InChI=1S/C17H16N2O2/c1-19(2)12-8-6-11(7-9-12)13-4-3-5-15-14(13)10-16(18-15)17(20)21/h3-10,18H,1-2H3,(H,20,21). The predicted octanol–water partition coefficient (Wildman–Crippen LogP) is 3.60. The summed E-state index contributed by atoms with van der Waals surface area (Å²) in [7, 11) is 4.00. The molecular weight excluding hydrogens is 264 g/mol. The highest BCUT2D eigenvalue weighted by atomic mass is 16.4. The van der Waals surface area contributed by atoms with Crippen molar-refractivity contribution in [3.8, 4) is 11.1 Å². The van der Waals surface area contributed by atoms with E-state index in [9.17, 15) is 4.79 Å². The number of carboxylic acids is 1. The smallest absolute Gasteiger partial charge is 0.352 e. The summed E-state index contributed by atoms with van der Waals surface area (Å²) in [6, 6.07) is 15.7. The molecule has 4 nitrogen and oxygen atoms in total. The van der Waals surface area contributed by atoms with Crippen molar-refractivity contribution >= 4 is 22.6 Å². The van der Waals surface area contributed by atoms with E-state index < -0.39 is 5.97 Å². The largest absolute Gasteiger partial charge is 0.477 e. The van der Waals surface area contributed by atoms with Crippen molar-refractivity contribution in [2.45, 2.75) is 0 Å². The number of rotatable bonds is 3. The maximum atomic E-state index is 11.1. The molecule has 0 bridgehead atoms. The Labute approximate surface area is 122 Å². The van der Waals surface area contributed by atoms with Crippen LogP contribution >= 0.6 is 0 Å². The summed E-state index contributed by atoms with van der Waals surface area (Å²) in [6.07, 6.45) is 0. The minimum absolute atomic E-state index is 0.211. The van der Waals surface area contributed by atoms with Gasteiger partial charge in [0.2, 0.25) is 0 Å². The molecule has 0 radical (unpaired) electrons. The van der Waals surface area contributed by atoms with Gasteiger partial charge >= 0.3 is 5.97 Å².